The Balaban J connectivity index is 2.00. The van der Waals surface area contributed by atoms with E-state index in [9.17, 15) is 0 Å². The zero-order valence-corrected chi connectivity index (χ0v) is 13.6. The minimum atomic E-state index is 0.194. The van der Waals surface area contributed by atoms with Crippen LogP contribution < -0.4 is 4.74 Å². The Morgan fingerprint density at radius 2 is 1.91 bits per heavy atom. The summed E-state index contributed by atoms with van der Waals surface area (Å²) in [6.07, 6.45) is 0. The Labute approximate surface area is 137 Å². The largest absolute Gasteiger partial charge is 0.467 e. The molecular weight excluding hydrogens is 344 g/mol. The molecule has 0 radical (unpaired) electrons. The summed E-state index contributed by atoms with van der Waals surface area (Å²) in [5.74, 6) is 0.724. The fourth-order valence-electron chi connectivity index (χ4n) is 2.21. The molecule has 0 atom stereocenters. The van der Waals surface area contributed by atoms with E-state index in [0.717, 1.165) is 32.7 Å². The Kier molecular flexibility index (Phi) is 4.56. The van der Waals surface area contributed by atoms with E-state index in [0.29, 0.717) is 0 Å². The van der Waals surface area contributed by atoms with E-state index in [1.54, 1.807) is 7.11 Å². The monoisotopic (exact) mass is 358 g/mol. The Bertz CT molecular complexity index is 756. The Morgan fingerprint density at radius 1 is 1.09 bits per heavy atom. The molecule has 0 saturated carbocycles. The van der Waals surface area contributed by atoms with Gasteiger partial charge in [-0.15, -0.1) is 0 Å². The molecule has 3 aromatic rings. The molecule has 0 aliphatic heterocycles. The lowest BCUT2D eigenvalue weighted by molar-refractivity contribution is 0.0515. The molecule has 0 fully saturated rings. The smallest absolute Gasteiger partial charge is 0.188 e. The molecule has 0 aliphatic carbocycles. The average Bonchev–Trinajstić information content (AvgIpc) is 3.03. The van der Waals surface area contributed by atoms with Crippen molar-refractivity contribution in [2.45, 2.75) is 0 Å². The van der Waals surface area contributed by atoms with Crippen LogP contribution in [0.2, 0.25) is 0 Å². The lowest BCUT2D eigenvalue weighted by Gasteiger charge is -2.10. The lowest BCUT2D eigenvalue weighted by Crippen LogP contribution is -2.00. The van der Waals surface area contributed by atoms with Crippen LogP contribution in [-0.2, 0) is 4.74 Å². The first kappa shape index (κ1) is 14.8. The summed E-state index contributed by atoms with van der Waals surface area (Å²) >= 11 is 3.57. The van der Waals surface area contributed by atoms with Gasteiger partial charge in [-0.3, -0.25) is 5.10 Å². The molecule has 1 aromatic heterocycles. The van der Waals surface area contributed by atoms with Gasteiger partial charge in [0, 0.05) is 11.6 Å². The number of methoxy groups -OCH3 is 1. The number of ether oxygens (including phenoxy) is 2. The zero-order chi connectivity index (χ0) is 15.4. The number of hydrogen-bond acceptors (Lipinski definition) is 3. The van der Waals surface area contributed by atoms with E-state index in [-0.39, 0.29) is 6.79 Å². The van der Waals surface area contributed by atoms with Gasteiger partial charge in [-0.1, -0.05) is 36.4 Å². The highest BCUT2D eigenvalue weighted by Gasteiger charge is 2.14. The number of H-pyrrole nitrogens is 1. The van der Waals surface area contributed by atoms with Gasteiger partial charge in [0.05, 0.1) is 17.0 Å². The number of aromatic nitrogens is 2. The third kappa shape index (κ3) is 3.05. The van der Waals surface area contributed by atoms with Crippen LogP contribution in [0.3, 0.4) is 0 Å². The molecular formula is C17H15BrN2O2. The van der Waals surface area contributed by atoms with Crippen LogP contribution in [-0.4, -0.2) is 24.1 Å². The fourth-order valence-corrected chi connectivity index (χ4v) is 2.76. The normalized spacial score (nSPS) is 10.6. The molecule has 1 N–H and O–H groups in total. The van der Waals surface area contributed by atoms with Gasteiger partial charge >= 0.3 is 0 Å². The van der Waals surface area contributed by atoms with Crippen LogP contribution in [0.4, 0.5) is 0 Å². The van der Waals surface area contributed by atoms with Crippen LogP contribution >= 0.6 is 15.9 Å². The second kappa shape index (κ2) is 6.77. The SMILES string of the molecule is COCOc1cccc(Br)c1-c1cc(-c2ccccc2)[nH]n1. The summed E-state index contributed by atoms with van der Waals surface area (Å²) in [4.78, 5) is 0. The van der Waals surface area contributed by atoms with Crippen molar-refractivity contribution in [1.29, 1.82) is 0 Å². The van der Waals surface area contributed by atoms with Crippen LogP contribution in [0.5, 0.6) is 5.75 Å². The molecule has 0 saturated heterocycles. The minimum absolute atomic E-state index is 0.194. The number of halogens is 1. The summed E-state index contributed by atoms with van der Waals surface area (Å²) in [7, 11) is 1.60. The number of nitrogens with zero attached hydrogens (tertiary/aromatic N) is 1. The fraction of sp³-hybridized carbons (Fsp3) is 0.118. The van der Waals surface area contributed by atoms with E-state index in [1.807, 2.05) is 54.6 Å². The van der Waals surface area contributed by atoms with E-state index >= 15 is 0 Å². The maximum Gasteiger partial charge on any atom is 0.188 e. The number of aromatic amines is 1. The summed E-state index contributed by atoms with van der Waals surface area (Å²) in [6.45, 7) is 0.194. The third-order valence-corrected chi connectivity index (χ3v) is 3.89. The van der Waals surface area contributed by atoms with Crippen molar-refractivity contribution in [3.05, 3.63) is 59.1 Å². The quantitative estimate of drug-likeness (QED) is 0.683. The molecule has 0 amide bonds. The van der Waals surface area contributed by atoms with Crippen LogP contribution in [0.15, 0.2) is 59.1 Å². The minimum Gasteiger partial charge on any atom is -0.467 e. The van der Waals surface area contributed by atoms with Crippen molar-refractivity contribution in [3.8, 4) is 28.3 Å². The molecule has 0 aliphatic rings. The first-order valence-corrected chi connectivity index (χ1v) is 7.60. The summed E-state index contributed by atoms with van der Waals surface area (Å²) in [5, 5.41) is 7.49. The Morgan fingerprint density at radius 3 is 2.68 bits per heavy atom. The van der Waals surface area contributed by atoms with Gasteiger partial charge in [-0.25, -0.2) is 0 Å². The molecule has 1 heterocycles. The molecule has 3 rings (SSSR count). The molecule has 4 nitrogen and oxygen atoms in total. The average molecular weight is 359 g/mol. The summed E-state index contributed by atoms with van der Waals surface area (Å²) in [5.41, 5.74) is 3.77. The summed E-state index contributed by atoms with van der Waals surface area (Å²) in [6, 6.07) is 17.9. The predicted octanol–water partition coefficient (Wildman–Crippen LogP) is 4.49. The maximum absolute atomic E-state index is 5.63. The van der Waals surface area contributed by atoms with Gasteiger partial charge in [0.25, 0.3) is 0 Å². The van der Waals surface area contributed by atoms with Crippen LogP contribution in [0.1, 0.15) is 0 Å². The molecule has 5 heteroatoms. The maximum atomic E-state index is 5.63. The van der Waals surface area contributed by atoms with E-state index in [2.05, 4.69) is 26.1 Å². The van der Waals surface area contributed by atoms with Gasteiger partial charge in [0.1, 0.15) is 5.75 Å². The van der Waals surface area contributed by atoms with Gasteiger partial charge in [-0.2, -0.15) is 5.10 Å². The second-order valence-electron chi connectivity index (χ2n) is 4.70. The van der Waals surface area contributed by atoms with Crippen molar-refractivity contribution in [2.75, 3.05) is 13.9 Å². The highest BCUT2D eigenvalue weighted by atomic mass is 79.9. The number of benzene rings is 2. The van der Waals surface area contributed by atoms with Crippen molar-refractivity contribution >= 4 is 15.9 Å². The first-order chi connectivity index (χ1) is 10.8. The van der Waals surface area contributed by atoms with Crippen molar-refractivity contribution in [3.63, 3.8) is 0 Å². The molecule has 0 spiro atoms. The molecule has 0 bridgehead atoms. The highest BCUT2D eigenvalue weighted by molar-refractivity contribution is 9.10. The van der Waals surface area contributed by atoms with Gasteiger partial charge in [0.15, 0.2) is 6.79 Å². The Hall–Kier alpha value is -2.11. The van der Waals surface area contributed by atoms with E-state index in [4.69, 9.17) is 9.47 Å². The molecule has 22 heavy (non-hydrogen) atoms. The van der Waals surface area contributed by atoms with E-state index in [1.165, 1.54) is 0 Å². The van der Waals surface area contributed by atoms with Crippen molar-refractivity contribution < 1.29 is 9.47 Å². The van der Waals surface area contributed by atoms with Gasteiger partial charge in [-0.05, 0) is 39.7 Å². The van der Waals surface area contributed by atoms with Crippen LogP contribution in [0.25, 0.3) is 22.5 Å². The topological polar surface area (TPSA) is 47.1 Å². The molecule has 112 valence electrons. The lowest BCUT2D eigenvalue weighted by atomic mass is 10.1. The number of rotatable bonds is 5. The first-order valence-electron chi connectivity index (χ1n) is 6.81. The summed E-state index contributed by atoms with van der Waals surface area (Å²) < 4.78 is 11.5. The molecule has 2 aromatic carbocycles. The van der Waals surface area contributed by atoms with Crippen molar-refractivity contribution in [1.82, 2.24) is 10.2 Å². The van der Waals surface area contributed by atoms with Gasteiger partial charge < -0.3 is 9.47 Å². The number of hydrogen-bond donors (Lipinski definition) is 1. The molecule has 0 unspecified atom stereocenters. The number of nitrogens with one attached hydrogen (secondary N) is 1. The third-order valence-electron chi connectivity index (χ3n) is 3.23. The van der Waals surface area contributed by atoms with E-state index < -0.39 is 0 Å². The van der Waals surface area contributed by atoms with Gasteiger partial charge in [0.2, 0.25) is 0 Å². The predicted molar refractivity (Wildman–Crippen MR) is 89.7 cm³/mol. The highest BCUT2D eigenvalue weighted by Crippen LogP contribution is 2.37. The standard InChI is InChI=1S/C17H15BrN2O2/c1-21-11-22-16-9-5-8-13(18)17(16)15-10-14(19-20-15)12-6-3-2-4-7-12/h2-10H,11H2,1H3,(H,19,20). The second-order valence-corrected chi connectivity index (χ2v) is 5.55. The van der Waals surface area contributed by atoms with Crippen molar-refractivity contribution in [2.24, 2.45) is 0 Å². The zero-order valence-electron chi connectivity index (χ0n) is 12.0. The van der Waals surface area contributed by atoms with Crippen LogP contribution in [0, 0.1) is 0 Å².